The second-order valence-corrected chi connectivity index (χ2v) is 7.17. The van der Waals surface area contributed by atoms with Crippen molar-refractivity contribution in [1.82, 2.24) is 10.2 Å². The summed E-state index contributed by atoms with van der Waals surface area (Å²) < 4.78 is 18.6. The molecule has 3 atom stereocenters. The summed E-state index contributed by atoms with van der Waals surface area (Å²) >= 11 is 0. The van der Waals surface area contributed by atoms with Gasteiger partial charge in [0.05, 0.1) is 6.04 Å². The van der Waals surface area contributed by atoms with E-state index in [0.29, 0.717) is 17.6 Å². The number of hydrogen-bond donors (Lipinski definition) is 1. The number of amides is 1. The number of nitrogens with zero attached hydrogens (tertiary/aromatic N) is 1. The van der Waals surface area contributed by atoms with Crippen molar-refractivity contribution in [2.24, 2.45) is 11.8 Å². The molecule has 0 aliphatic carbocycles. The molecule has 1 N–H and O–H groups in total. The van der Waals surface area contributed by atoms with Crippen LogP contribution in [-0.4, -0.2) is 37.0 Å². The highest BCUT2D eigenvalue weighted by Gasteiger charge is 2.47. The molecule has 2 fully saturated rings. The van der Waals surface area contributed by atoms with Gasteiger partial charge in [-0.15, -0.1) is 0 Å². The minimum Gasteiger partial charge on any atom is -0.484 e. The molecule has 0 bridgehead atoms. The lowest BCUT2D eigenvalue weighted by molar-refractivity contribution is -0.134. The van der Waals surface area contributed by atoms with Gasteiger partial charge in [0, 0.05) is 25.6 Å². The van der Waals surface area contributed by atoms with Crippen LogP contribution in [0.3, 0.4) is 0 Å². The third-order valence-corrected chi connectivity index (χ3v) is 5.57. The molecule has 0 aromatic heterocycles. The van der Waals surface area contributed by atoms with Crippen LogP contribution in [0.2, 0.25) is 0 Å². The van der Waals surface area contributed by atoms with Gasteiger partial charge in [-0.05, 0) is 48.2 Å². The molecule has 1 amide bonds. The predicted octanol–water partition coefficient (Wildman–Crippen LogP) is 2.93. The third kappa shape index (κ3) is 3.19. The van der Waals surface area contributed by atoms with Crippen LogP contribution in [-0.2, 0) is 4.79 Å². The zero-order valence-corrected chi connectivity index (χ0v) is 14.8. The highest BCUT2D eigenvalue weighted by Crippen LogP contribution is 2.43. The average Bonchev–Trinajstić information content (AvgIpc) is 3.23. The van der Waals surface area contributed by atoms with E-state index in [9.17, 15) is 9.18 Å². The summed E-state index contributed by atoms with van der Waals surface area (Å²) in [5.41, 5.74) is 2.43. The maximum atomic E-state index is 13.0. The van der Waals surface area contributed by atoms with Crippen LogP contribution in [0, 0.1) is 24.6 Å². The van der Waals surface area contributed by atoms with Gasteiger partial charge in [0.1, 0.15) is 11.6 Å². The number of fused-ring (bicyclic) bond motifs is 1. The van der Waals surface area contributed by atoms with E-state index in [1.54, 1.807) is 12.1 Å². The molecule has 0 spiro atoms. The van der Waals surface area contributed by atoms with Crippen LogP contribution in [0.25, 0.3) is 0 Å². The Morgan fingerprint density at radius 1 is 1.19 bits per heavy atom. The number of ether oxygens (including phenoxy) is 1. The van der Waals surface area contributed by atoms with E-state index in [0.717, 1.165) is 19.6 Å². The number of aryl methyl sites for hydroxylation is 1. The standard InChI is InChI=1S/C21H23FN2O2/c1-14-4-2-3-5-18(14)21-19-11-23-10-15(19)12-24(21)20(25)13-26-17-8-6-16(22)7-9-17/h2-9,15,19,21,23H,10-13H2,1H3/t15-,19-,21-/m0/s1. The number of likely N-dealkylation sites (tertiary alicyclic amines) is 1. The maximum Gasteiger partial charge on any atom is 0.261 e. The first-order valence-electron chi connectivity index (χ1n) is 9.07. The molecule has 5 heteroatoms. The normalized spacial score (nSPS) is 24.5. The first-order chi connectivity index (χ1) is 12.6. The van der Waals surface area contributed by atoms with E-state index >= 15 is 0 Å². The highest BCUT2D eigenvalue weighted by atomic mass is 19.1. The molecular weight excluding hydrogens is 331 g/mol. The Labute approximate surface area is 153 Å². The van der Waals surface area contributed by atoms with Gasteiger partial charge >= 0.3 is 0 Å². The molecular formula is C21H23FN2O2. The van der Waals surface area contributed by atoms with Gasteiger partial charge in [-0.3, -0.25) is 4.79 Å². The largest absolute Gasteiger partial charge is 0.484 e. The van der Waals surface area contributed by atoms with E-state index in [1.807, 2.05) is 17.0 Å². The average molecular weight is 354 g/mol. The third-order valence-electron chi connectivity index (χ3n) is 5.57. The van der Waals surface area contributed by atoms with Gasteiger partial charge in [0.15, 0.2) is 6.61 Å². The lowest BCUT2D eigenvalue weighted by Gasteiger charge is -2.29. The van der Waals surface area contributed by atoms with Crippen LogP contribution >= 0.6 is 0 Å². The topological polar surface area (TPSA) is 41.6 Å². The molecule has 26 heavy (non-hydrogen) atoms. The number of benzene rings is 2. The summed E-state index contributed by atoms with van der Waals surface area (Å²) in [5.74, 6) is 1.09. The van der Waals surface area contributed by atoms with Gasteiger partial charge in [0.2, 0.25) is 0 Å². The van der Waals surface area contributed by atoms with Crippen molar-refractivity contribution in [3.63, 3.8) is 0 Å². The van der Waals surface area contributed by atoms with Crippen molar-refractivity contribution in [2.45, 2.75) is 13.0 Å². The van der Waals surface area contributed by atoms with Gasteiger partial charge in [0.25, 0.3) is 5.91 Å². The Balaban J connectivity index is 1.52. The van der Waals surface area contributed by atoms with Crippen molar-refractivity contribution in [2.75, 3.05) is 26.2 Å². The van der Waals surface area contributed by atoms with Crippen molar-refractivity contribution in [3.8, 4) is 5.75 Å². The lowest BCUT2D eigenvalue weighted by atomic mass is 9.87. The van der Waals surface area contributed by atoms with Crippen LogP contribution in [0.5, 0.6) is 5.75 Å². The van der Waals surface area contributed by atoms with Crippen LogP contribution in [0.1, 0.15) is 17.2 Å². The Hall–Kier alpha value is -2.40. The first kappa shape index (κ1) is 17.0. The summed E-state index contributed by atoms with van der Waals surface area (Å²) in [4.78, 5) is 14.9. The number of carbonyl (C=O) groups excluding carboxylic acids is 1. The van der Waals surface area contributed by atoms with Crippen LogP contribution in [0.4, 0.5) is 4.39 Å². The molecule has 2 saturated heterocycles. The quantitative estimate of drug-likeness (QED) is 0.918. The minimum atomic E-state index is -0.317. The van der Waals surface area contributed by atoms with Crippen molar-refractivity contribution in [1.29, 1.82) is 0 Å². The molecule has 4 nitrogen and oxygen atoms in total. The Kier molecular flexibility index (Phi) is 4.64. The molecule has 2 aliphatic heterocycles. The summed E-state index contributed by atoms with van der Waals surface area (Å²) in [6.45, 7) is 4.72. The van der Waals surface area contributed by atoms with E-state index in [1.165, 1.54) is 23.3 Å². The fraction of sp³-hybridized carbons (Fsp3) is 0.381. The van der Waals surface area contributed by atoms with Gasteiger partial charge in [-0.25, -0.2) is 4.39 Å². The minimum absolute atomic E-state index is 0.0167. The van der Waals surface area contributed by atoms with Crippen LogP contribution in [0.15, 0.2) is 48.5 Å². The summed E-state index contributed by atoms with van der Waals surface area (Å²) in [7, 11) is 0. The molecule has 2 aromatic carbocycles. The van der Waals surface area contributed by atoms with Crippen molar-refractivity contribution >= 4 is 5.91 Å². The second-order valence-electron chi connectivity index (χ2n) is 7.17. The molecule has 0 unspecified atom stereocenters. The zero-order valence-electron chi connectivity index (χ0n) is 14.8. The number of carbonyl (C=O) groups is 1. The predicted molar refractivity (Wildman–Crippen MR) is 97.4 cm³/mol. The van der Waals surface area contributed by atoms with E-state index in [2.05, 4.69) is 24.4 Å². The van der Waals surface area contributed by atoms with E-state index in [-0.39, 0.29) is 24.4 Å². The van der Waals surface area contributed by atoms with Gasteiger partial charge in [-0.1, -0.05) is 24.3 Å². The first-order valence-corrected chi connectivity index (χ1v) is 9.07. The molecule has 0 radical (unpaired) electrons. The molecule has 2 aromatic rings. The number of nitrogens with one attached hydrogen (secondary N) is 1. The van der Waals surface area contributed by atoms with E-state index < -0.39 is 0 Å². The second kappa shape index (κ2) is 7.08. The smallest absolute Gasteiger partial charge is 0.261 e. The molecule has 0 saturated carbocycles. The zero-order chi connectivity index (χ0) is 18.1. The van der Waals surface area contributed by atoms with Crippen molar-refractivity contribution < 1.29 is 13.9 Å². The summed E-state index contributed by atoms with van der Waals surface area (Å²) in [6.07, 6.45) is 0. The summed E-state index contributed by atoms with van der Waals surface area (Å²) in [5, 5.41) is 3.46. The number of halogens is 1. The molecule has 2 heterocycles. The lowest BCUT2D eigenvalue weighted by Crippen LogP contribution is -2.37. The Morgan fingerprint density at radius 3 is 2.73 bits per heavy atom. The molecule has 136 valence electrons. The maximum absolute atomic E-state index is 13.0. The Morgan fingerprint density at radius 2 is 1.96 bits per heavy atom. The SMILES string of the molecule is Cc1ccccc1[C@H]1[C@H]2CNC[C@H]2CN1C(=O)COc1ccc(F)cc1. The highest BCUT2D eigenvalue weighted by molar-refractivity contribution is 5.79. The monoisotopic (exact) mass is 354 g/mol. The fourth-order valence-corrected chi connectivity index (χ4v) is 4.25. The van der Waals surface area contributed by atoms with Crippen LogP contribution < -0.4 is 10.1 Å². The van der Waals surface area contributed by atoms with E-state index in [4.69, 9.17) is 4.74 Å². The number of rotatable bonds is 4. The number of hydrogen-bond acceptors (Lipinski definition) is 3. The Bertz CT molecular complexity index is 793. The summed E-state index contributed by atoms with van der Waals surface area (Å²) in [6, 6.07) is 14.1. The molecule has 2 aliphatic rings. The fourth-order valence-electron chi connectivity index (χ4n) is 4.25. The van der Waals surface area contributed by atoms with Gasteiger partial charge < -0.3 is 15.0 Å². The molecule has 4 rings (SSSR count). The van der Waals surface area contributed by atoms with Crippen molar-refractivity contribution in [3.05, 3.63) is 65.5 Å². The van der Waals surface area contributed by atoms with Gasteiger partial charge in [-0.2, -0.15) is 0 Å².